The van der Waals surface area contributed by atoms with E-state index in [2.05, 4.69) is 15.9 Å². The lowest BCUT2D eigenvalue weighted by atomic mass is 9.96. The molecule has 0 atom stereocenters. The Morgan fingerprint density at radius 2 is 1.12 bits per heavy atom. The van der Waals surface area contributed by atoms with Crippen LogP contribution >= 0.6 is 27.5 Å². The fourth-order valence-corrected chi connectivity index (χ4v) is 2.94. The maximum atomic E-state index is 5.83. The fraction of sp³-hybridized carbons (Fsp3) is 1.00. The lowest BCUT2D eigenvalue weighted by molar-refractivity contribution is 0.447. The van der Waals surface area contributed by atoms with Gasteiger partial charge in [-0.1, -0.05) is 15.9 Å². The molecular weight excluding hydrogens is 288 g/mol. The van der Waals surface area contributed by atoms with Crippen molar-refractivity contribution in [3.8, 4) is 0 Å². The van der Waals surface area contributed by atoms with E-state index in [9.17, 15) is 0 Å². The van der Waals surface area contributed by atoms with Gasteiger partial charge in [0.2, 0.25) is 0 Å². The first-order valence-electron chi connectivity index (χ1n) is 6.37. The highest BCUT2D eigenvalue weighted by molar-refractivity contribution is 9.09. The Labute approximate surface area is 113 Å². The Morgan fingerprint density at radius 3 is 1.44 bits per heavy atom. The van der Waals surface area contributed by atoms with Crippen LogP contribution < -0.4 is 11.5 Å². The average molecular weight is 312 g/mol. The minimum Gasteiger partial charge on any atom is -0.328 e. The Hall–Kier alpha value is 0.690. The van der Waals surface area contributed by atoms with E-state index in [4.69, 9.17) is 23.1 Å². The standard InChI is InChI=1S/C6H12BrN.C6H12ClN/c2*7-5-1-3-6(8)4-2-5/h2*5-6H,1-4,8H2. The summed E-state index contributed by atoms with van der Waals surface area (Å²) in [5, 5.41) is 0.412. The molecule has 0 heterocycles. The molecule has 0 aromatic carbocycles. The van der Waals surface area contributed by atoms with Gasteiger partial charge in [0, 0.05) is 22.3 Å². The van der Waals surface area contributed by atoms with Crippen molar-refractivity contribution in [3.63, 3.8) is 0 Å². The molecule has 2 rings (SSSR count). The lowest BCUT2D eigenvalue weighted by Gasteiger charge is -2.21. The van der Waals surface area contributed by atoms with Crippen molar-refractivity contribution in [2.24, 2.45) is 11.5 Å². The van der Waals surface area contributed by atoms with E-state index in [0.29, 0.717) is 17.5 Å². The molecule has 2 aliphatic rings. The summed E-state index contributed by atoms with van der Waals surface area (Å²) in [6, 6.07) is 0.925. The Morgan fingerprint density at radius 1 is 0.750 bits per heavy atom. The molecule has 0 aromatic rings. The molecule has 4 heteroatoms. The van der Waals surface area contributed by atoms with Crippen LogP contribution in [0.25, 0.3) is 0 Å². The van der Waals surface area contributed by atoms with Gasteiger partial charge in [-0.05, 0) is 51.4 Å². The SMILES string of the molecule is NC1CCC(Br)CC1.NC1CCC(Cl)CC1. The number of halogens is 2. The molecule has 96 valence electrons. The monoisotopic (exact) mass is 310 g/mol. The number of nitrogens with two attached hydrogens (primary N) is 2. The predicted octanol–water partition coefficient (Wildman–Crippen LogP) is 3.15. The van der Waals surface area contributed by atoms with Gasteiger partial charge in [-0.15, -0.1) is 11.6 Å². The van der Waals surface area contributed by atoms with Gasteiger partial charge in [-0.25, -0.2) is 0 Å². The third-order valence-corrected chi connectivity index (χ3v) is 4.75. The van der Waals surface area contributed by atoms with Gasteiger partial charge in [0.15, 0.2) is 0 Å². The molecule has 16 heavy (non-hydrogen) atoms. The first-order valence-corrected chi connectivity index (χ1v) is 7.72. The zero-order chi connectivity index (χ0) is 12.0. The van der Waals surface area contributed by atoms with Crippen molar-refractivity contribution in [2.45, 2.75) is 73.7 Å². The average Bonchev–Trinajstić information content (AvgIpc) is 2.28. The molecule has 0 spiro atoms. The summed E-state index contributed by atoms with van der Waals surface area (Å²) in [5.41, 5.74) is 11.3. The van der Waals surface area contributed by atoms with Crippen LogP contribution in [0.1, 0.15) is 51.4 Å². The molecule has 2 nitrogen and oxygen atoms in total. The van der Waals surface area contributed by atoms with Crippen LogP contribution in [0, 0.1) is 0 Å². The van der Waals surface area contributed by atoms with Crippen LogP contribution in [0.15, 0.2) is 0 Å². The van der Waals surface area contributed by atoms with Crippen molar-refractivity contribution >= 4 is 27.5 Å². The molecule has 4 N–H and O–H groups in total. The zero-order valence-electron chi connectivity index (χ0n) is 9.88. The van der Waals surface area contributed by atoms with Crippen LogP contribution in [-0.4, -0.2) is 22.3 Å². The van der Waals surface area contributed by atoms with Gasteiger partial charge in [-0.3, -0.25) is 0 Å². The van der Waals surface area contributed by atoms with Crippen molar-refractivity contribution in [3.05, 3.63) is 0 Å². The number of rotatable bonds is 0. The highest BCUT2D eigenvalue weighted by Gasteiger charge is 2.15. The Balaban J connectivity index is 0.000000160. The second-order valence-corrected chi connectivity index (χ2v) is 6.94. The molecule has 0 aliphatic heterocycles. The molecule has 2 saturated carbocycles. The third-order valence-electron chi connectivity index (χ3n) is 3.40. The van der Waals surface area contributed by atoms with E-state index in [-0.39, 0.29) is 0 Å². The second kappa shape index (κ2) is 7.91. The Bertz CT molecular complexity index is 136. The van der Waals surface area contributed by atoms with Gasteiger partial charge < -0.3 is 11.5 Å². The number of hydrogen-bond acceptors (Lipinski definition) is 2. The molecule has 2 fully saturated rings. The maximum Gasteiger partial charge on any atom is 0.0337 e. The van der Waals surface area contributed by atoms with Crippen LogP contribution in [0.5, 0.6) is 0 Å². The summed E-state index contributed by atoms with van der Waals surface area (Å²) in [6.07, 6.45) is 9.40. The van der Waals surface area contributed by atoms with Crippen LogP contribution in [0.2, 0.25) is 0 Å². The molecular formula is C12H24BrClN2. The predicted molar refractivity (Wildman–Crippen MR) is 75.2 cm³/mol. The molecule has 0 amide bonds. The van der Waals surface area contributed by atoms with E-state index < -0.39 is 0 Å². The summed E-state index contributed by atoms with van der Waals surface area (Å²) in [4.78, 5) is 0.752. The molecule has 0 unspecified atom stereocenters. The molecule has 0 bridgehead atoms. The largest absolute Gasteiger partial charge is 0.328 e. The summed E-state index contributed by atoms with van der Waals surface area (Å²) in [5.74, 6) is 0. The molecule has 0 saturated heterocycles. The molecule has 2 aliphatic carbocycles. The van der Waals surface area contributed by atoms with Gasteiger partial charge >= 0.3 is 0 Å². The molecule has 0 aromatic heterocycles. The van der Waals surface area contributed by atoms with E-state index in [1.807, 2.05) is 0 Å². The summed E-state index contributed by atoms with van der Waals surface area (Å²) >= 11 is 9.39. The quantitative estimate of drug-likeness (QED) is 0.675. The van der Waals surface area contributed by atoms with E-state index in [1.54, 1.807) is 0 Å². The third kappa shape index (κ3) is 6.43. The van der Waals surface area contributed by atoms with Gasteiger partial charge in [0.1, 0.15) is 0 Å². The summed E-state index contributed by atoms with van der Waals surface area (Å²) < 4.78 is 0. The first-order chi connectivity index (χ1) is 7.58. The molecule has 0 radical (unpaired) electrons. The van der Waals surface area contributed by atoms with Crippen molar-refractivity contribution in [1.29, 1.82) is 0 Å². The maximum absolute atomic E-state index is 5.83. The van der Waals surface area contributed by atoms with Gasteiger partial charge in [0.05, 0.1) is 0 Å². The first kappa shape index (κ1) is 14.7. The van der Waals surface area contributed by atoms with Gasteiger partial charge in [0.25, 0.3) is 0 Å². The zero-order valence-corrected chi connectivity index (χ0v) is 12.2. The minimum absolute atomic E-state index is 0.412. The van der Waals surface area contributed by atoms with Crippen molar-refractivity contribution < 1.29 is 0 Å². The summed E-state index contributed by atoms with van der Waals surface area (Å²) in [6.45, 7) is 0. The van der Waals surface area contributed by atoms with Gasteiger partial charge in [-0.2, -0.15) is 0 Å². The highest BCUT2D eigenvalue weighted by Crippen LogP contribution is 2.22. The highest BCUT2D eigenvalue weighted by atomic mass is 79.9. The van der Waals surface area contributed by atoms with E-state index >= 15 is 0 Å². The lowest BCUT2D eigenvalue weighted by Crippen LogP contribution is -2.26. The fourth-order valence-electron chi connectivity index (χ4n) is 2.16. The van der Waals surface area contributed by atoms with Crippen molar-refractivity contribution in [1.82, 2.24) is 0 Å². The number of hydrogen-bond donors (Lipinski definition) is 2. The van der Waals surface area contributed by atoms with Crippen LogP contribution in [-0.2, 0) is 0 Å². The topological polar surface area (TPSA) is 52.0 Å². The number of alkyl halides is 2. The van der Waals surface area contributed by atoms with E-state index in [1.165, 1.54) is 25.7 Å². The normalized spacial score (nSPS) is 39.8. The smallest absolute Gasteiger partial charge is 0.0337 e. The van der Waals surface area contributed by atoms with E-state index in [0.717, 1.165) is 30.5 Å². The Kier molecular flexibility index (Phi) is 7.29. The van der Waals surface area contributed by atoms with Crippen molar-refractivity contribution in [2.75, 3.05) is 0 Å². The van der Waals surface area contributed by atoms with Crippen LogP contribution in [0.4, 0.5) is 0 Å². The summed E-state index contributed by atoms with van der Waals surface area (Å²) in [7, 11) is 0. The second-order valence-electron chi connectivity index (χ2n) is 5.02. The minimum atomic E-state index is 0.412. The van der Waals surface area contributed by atoms with Crippen LogP contribution in [0.3, 0.4) is 0 Å².